The molecule has 90 valence electrons. The Labute approximate surface area is 99.5 Å². The van der Waals surface area contributed by atoms with Gasteiger partial charge in [-0.1, -0.05) is 6.07 Å². The average molecular weight is 220 g/mol. The number of rotatable bonds is 4. The second-order valence-corrected chi connectivity index (χ2v) is 5.48. The minimum absolute atomic E-state index is 0.199. The van der Waals surface area contributed by atoms with Crippen molar-refractivity contribution in [3.05, 3.63) is 29.3 Å². The highest BCUT2D eigenvalue weighted by atomic mass is 15.0. The summed E-state index contributed by atoms with van der Waals surface area (Å²) < 4.78 is 0. The molecule has 0 unspecified atom stereocenters. The third-order valence-corrected chi connectivity index (χ3v) is 2.33. The maximum absolute atomic E-state index is 3.46. The fourth-order valence-electron chi connectivity index (χ4n) is 1.72. The first-order chi connectivity index (χ1) is 7.37. The Balaban J connectivity index is 2.37. The lowest BCUT2D eigenvalue weighted by molar-refractivity contribution is 0.435. The van der Waals surface area contributed by atoms with Crippen molar-refractivity contribution in [1.82, 2.24) is 5.32 Å². The molecule has 2 heteroatoms. The van der Waals surface area contributed by atoms with Crippen LogP contribution < -0.4 is 10.6 Å². The van der Waals surface area contributed by atoms with E-state index in [4.69, 9.17) is 0 Å². The molecule has 0 fully saturated rings. The topological polar surface area (TPSA) is 24.1 Å². The van der Waals surface area contributed by atoms with Crippen LogP contribution in [0.15, 0.2) is 18.2 Å². The van der Waals surface area contributed by atoms with Gasteiger partial charge in [0, 0.05) is 24.3 Å². The average Bonchev–Trinajstić information content (AvgIpc) is 2.09. The van der Waals surface area contributed by atoms with Gasteiger partial charge in [-0.2, -0.15) is 0 Å². The first-order valence-corrected chi connectivity index (χ1v) is 5.94. The van der Waals surface area contributed by atoms with Crippen molar-refractivity contribution < 1.29 is 0 Å². The van der Waals surface area contributed by atoms with Crippen molar-refractivity contribution in [2.24, 2.45) is 0 Å². The minimum atomic E-state index is 0.199. The van der Waals surface area contributed by atoms with Crippen LogP contribution in [-0.4, -0.2) is 18.6 Å². The van der Waals surface area contributed by atoms with E-state index in [1.54, 1.807) is 0 Å². The summed E-state index contributed by atoms with van der Waals surface area (Å²) in [6.07, 6.45) is 0. The van der Waals surface area contributed by atoms with Crippen molar-refractivity contribution in [2.45, 2.75) is 40.2 Å². The van der Waals surface area contributed by atoms with Crippen LogP contribution in [0.25, 0.3) is 0 Å². The zero-order valence-electron chi connectivity index (χ0n) is 11.1. The SMILES string of the molecule is Cc1cc(C)cc(NCCNC(C)(C)C)c1. The normalized spacial score (nSPS) is 11.6. The van der Waals surface area contributed by atoms with Gasteiger partial charge in [0.2, 0.25) is 0 Å². The fourth-order valence-corrected chi connectivity index (χ4v) is 1.72. The van der Waals surface area contributed by atoms with Gasteiger partial charge < -0.3 is 10.6 Å². The molecule has 0 aliphatic carbocycles. The van der Waals surface area contributed by atoms with Gasteiger partial charge in [0.15, 0.2) is 0 Å². The molecule has 0 saturated carbocycles. The summed E-state index contributed by atoms with van der Waals surface area (Å²) in [6, 6.07) is 6.56. The highest BCUT2D eigenvalue weighted by molar-refractivity contribution is 5.48. The van der Waals surface area contributed by atoms with Crippen LogP contribution in [0.1, 0.15) is 31.9 Å². The van der Waals surface area contributed by atoms with Crippen LogP contribution in [0.3, 0.4) is 0 Å². The quantitative estimate of drug-likeness (QED) is 0.762. The van der Waals surface area contributed by atoms with E-state index in [0.717, 1.165) is 13.1 Å². The van der Waals surface area contributed by atoms with Crippen LogP contribution in [0.2, 0.25) is 0 Å². The largest absolute Gasteiger partial charge is 0.384 e. The van der Waals surface area contributed by atoms with Gasteiger partial charge in [-0.3, -0.25) is 0 Å². The van der Waals surface area contributed by atoms with Crippen molar-refractivity contribution >= 4 is 5.69 Å². The van der Waals surface area contributed by atoms with E-state index in [0.29, 0.717) is 0 Å². The number of aryl methyl sites for hydroxylation is 2. The summed E-state index contributed by atoms with van der Waals surface area (Å²) in [4.78, 5) is 0. The molecular weight excluding hydrogens is 196 g/mol. The van der Waals surface area contributed by atoms with E-state index < -0.39 is 0 Å². The third-order valence-electron chi connectivity index (χ3n) is 2.33. The molecule has 1 rings (SSSR count). The molecule has 2 nitrogen and oxygen atoms in total. The van der Waals surface area contributed by atoms with Gasteiger partial charge >= 0.3 is 0 Å². The summed E-state index contributed by atoms with van der Waals surface area (Å²) in [7, 11) is 0. The zero-order valence-corrected chi connectivity index (χ0v) is 11.1. The van der Waals surface area contributed by atoms with E-state index >= 15 is 0 Å². The number of hydrogen-bond acceptors (Lipinski definition) is 2. The van der Waals surface area contributed by atoms with Gasteiger partial charge in [-0.15, -0.1) is 0 Å². The van der Waals surface area contributed by atoms with Gasteiger partial charge in [0.25, 0.3) is 0 Å². The summed E-state index contributed by atoms with van der Waals surface area (Å²) in [6.45, 7) is 12.8. The lowest BCUT2D eigenvalue weighted by atomic mass is 10.1. The maximum Gasteiger partial charge on any atom is 0.0345 e. The maximum atomic E-state index is 3.46. The summed E-state index contributed by atoms with van der Waals surface area (Å²) in [5.74, 6) is 0. The van der Waals surface area contributed by atoms with E-state index in [1.807, 2.05) is 0 Å². The van der Waals surface area contributed by atoms with Crippen LogP contribution in [0.5, 0.6) is 0 Å². The van der Waals surface area contributed by atoms with E-state index in [2.05, 4.69) is 63.5 Å². The molecule has 0 radical (unpaired) electrons. The van der Waals surface area contributed by atoms with Crippen LogP contribution in [-0.2, 0) is 0 Å². The summed E-state index contributed by atoms with van der Waals surface area (Å²) >= 11 is 0. The molecule has 2 N–H and O–H groups in total. The Morgan fingerprint density at radius 2 is 1.50 bits per heavy atom. The molecule has 1 aromatic rings. The number of hydrogen-bond donors (Lipinski definition) is 2. The first kappa shape index (κ1) is 13.0. The Bertz CT molecular complexity index is 317. The second-order valence-electron chi connectivity index (χ2n) is 5.48. The first-order valence-electron chi connectivity index (χ1n) is 5.94. The highest BCUT2D eigenvalue weighted by Crippen LogP contribution is 2.13. The molecule has 0 aliphatic heterocycles. The number of benzene rings is 1. The molecule has 0 atom stereocenters. The molecule has 0 aromatic heterocycles. The molecule has 0 amide bonds. The summed E-state index contributed by atoms with van der Waals surface area (Å²) in [5, 5.41) is 6.90. The lowest BCUT2D eigenvalue weighted by Gasteiger charge is -2.20. The Morgan fingerprint density at radius 3 is 2.00 bits per heavy atom. The Morgan fingerprint density at radius 1 is 0.938 bits per heavy atom. The molecule has 16 heavy (non-hydrogen) atoms. The Hall–Kier alpha value is -1.02. The Kier molecular flexibility index (Phi) is 4.36. The van der Waals surface area contributed by atoms with Gasteiger partial charge in [0.05, 0.1) is 0 Å². The van der Waals surface area contributed by atoms with E-state index in [-0.39, 0.29) is 5.54 Å². The van der Waals surface area contributed by atoms with Crippen molar-refractivity contribution in [2.75, 3.05) is 18.4 Å². The second kappa shape index (κ2) is 5.35. The number of nitrogens with one attached hydrogen (secondary N) is 2. The van der Waals surface area contributed by atoms with Crippen LogP contribution in [0.4, 0.5) is 5.69 Å². The smallest absolute Gasteiger partial charge is 0.0345 e. The van der Waals surface area contributed by atoms with Crippen molar-refractivity contribution in [3.63, 3.8) is 0 Å². The predicted molar refractivity (Wildman–Crippen MR) is 72.2 cm³/mol. The minimum Gasteiger partial charge on any atom is -0.384 e. The van der Waals surface area contributed by atoms with Gasteiger partial charge in [-0.25, -0.2) is 0 Å². The zero-order chi connectivity index (χ0) is 12.2. The monoisotopic (exact) mass is 220 g/mol. The molecule has 0 spiro atoms. The standard InChI is InChI=1S/C14H24N2/c1-11-8-12(2)10-13(9-11)15-6-7-16-14(3,4)5/h8-10,15-16H,6-7H2,1-5H3. The molecule has 1 aromatic carbocycles. The summed E-state index contributed by atoms with van der Waals surface area (Å²) in [5.41, 5.74) is 4.04. The van der Waals surface area contributed by atoms with Crippen molar-refractivity contribution in [1.29, 1.82) is 0 Å². The third kappa shape index (κ3) is 5.17. The van der Waals surface area contributed by atoms with Crippen LogP contribution >= 0.6 is 0 Å². The fraction of sp³-hybridized carbons (Fsp3) is 0.571. The molecular formula is C14H24N2. The highest BCUT2D eigenvalue weighted by Gasteiger charge is 2.06. The van der Waals surface area contributed by atoms with Crippen molar-refractivity contribution in [3.8, 4) is 0 Å². The molecule has 0 saturated heterocycles. The lowest BCUT2D eigenvalue weighted by Crippen LogP contribution is -2.38. The predicted octanol–water partition coefficient (Wildman–Crippen LogP) is 3.10. The van der Waals surface area contributed by atoms with E-state index in [1.165, 1.54) is 16.8 Å². The van der Waals surface area contributed by atoms with E-state index in [9.17, 15) is 0 Å². The molecule has 0 heterocycles. The van der Waals surface area contributed by atoms with Gasteiger partial charge in [-0.05, 0) is 57.9 Å². The number of anilines is 1. The van der Waals surface area contributed by atoms with Crippen LogP contribution in [0, 0.1) is 13.8 Å². The van der Waals surface area contributed by atoms with Gasteiger partial charge in [0.1, 0.15) is 0 Å². The molecule has 0 aliphatic rings. The molecule has 0 bridgehead atoms.